The van der Waals surface area contributed by atoms with Crippen molar-refractivity contribution < 1.29 is 0 Å². The van der Waals surface area contributed by atoms with Crippen LogP contribution < -0.4 is 0 Å². The van der Waals surface area contributed by atoms with Crippen molar-refractivity contribution in [2.45, 2.75) is 53.2 Å². The van der Waals surface area contributed by atoms with Crippen molar-refractivity contribution in [1.82, 2.24) is 0 Å². The average molecular weight is 544 g/mol. The van der Waals surface area contributed by atoms with Gasteiger partial charge in [0.25, 0.3) is 0 Å². The van der Waals surface area contributed by atoms with Crippen LogP contribution >= 0.6 is 23.5 Å². The molecule has 6 unspecified atom stereocenters. The number of hydrogen-bond acceptors (Lipinski definition) is 2. The van der Waals surface area contributed by atoms with Gasteiger partial charge in [0, 0.05) is 0 Å². The molecule has 0 N–H and O–H groups in total. The summed E-state index contributed by atoms with van der Waals surface area (Å²) < 4.78 is 0. The van der Waals surface area contributed by atoms with Gasteiger partial charge in [-0.25, -0.2) is 0 Å². The van der Waals surface area contributed by atoms with Gasteiger partial charge in [-0.3, -0.25) is 0 Å². The van der Waals surface area contributed by atoms with Gasteiger partial charge in [0.1, 0.15) is 0 Å². The molecule has 18 heavy (non-hydrogen) atoms. The van der Waals surface area contributed by atoms with Crippen LogP contribution in [0.4, 0.5) is 0 Å². The molecule has 6 heteroatoms. The monoisotopic (exact) mass is 548 g/mol. The van der Waals surface area contributed by atoms with Crippen LogP contribution in [0.1, 0.15) is 12.8 Å². The fourth-order valence-electron chi connectivity index (χ4n) is 2.26. The Morgan fingerprint density at radius 2 is 1.39 bits per heavy atom. The van der Waals surface area contributed by atoms with Gasteiger partial charge in [0.15, 0.2) is 0 Å². The van der Waals surface area contributed by atoms with Gasteiger partial charge < -0.3 is 0 Å². The molecule has 3 fully saturated rings. The van der Waals surface area contributed by atoms with E-state index >= 15 is 0 Å². The third kappa shape index (κ3) is 4.91. The molecule has 0 amide bonds. The number of rotatable bonds is 6. The molecule has 0 spiro atoms. The van der Waals surface area contributed by atoms with E-state index in [1.54, 1.807) is 10.6 Å². The molecule has 0 aromatic rings. The fourth-order valence-corrected chi connectivity index (χ4v) is 17.1. The normalized spacial score (nSPS) is 42.3. The van der Waals surface area contributed by atoms with E-state index in [-0.39, 0.29) is 0 Å². The zero-order valence-electron chi connectivity index (χ0n) is 10.2. The summed E-state index contributed by atoms with van der Waals surface area (Å²) in [7, 11) is 0. The summed E-state index contributed by atoms with van der Waals surface area (Å²) in [5.74, 6) is 2.91. The van der Waals surface area contributed by atoms with Crippen molar-refractivity contribution in [3.63, 3.8) is 0 Å². The van der Waals surface area contributed by atoms with E-state index < -0.39 is 0 Å². The molecule has 3 aliphatic rings. The van der Waals surface area contributed by atoms with Crippen LogP contribution in [0.2, 0.25) is 29.9 Å². The Kier molecular flexibility index (Phi) is 6.41. The molecule has 3 saturated heterocycles. The summed E-state index contributed by atoms with van der Waals surface area (Å²) in [4.78, 5) is 4.15. The van der Waals surface area contributed by atoms with E-state index in [4.69, 9.17) is 0 Å². The summed E-state index contributed by atoms with van der Waals surface area (Å²) in [5, 5.41) is 5.27. The second kappa shape index (κ2) is 7.36. The predicted molar refractivity (Wildman–Crippen MR) is 92.1 cm³/mol. The zero-order valence-corrected chi connectivity index (χ0v) is 19.0. The third-order valence-corrected chi connectivity index (χ3v) is 18.1. The summed E-state index contributed by atoms with van der Waals surface area (Å²) in [6.45, 7) is 0. The van der Waals surface area contributed by atoms with Crippen molar-refractivity contribution in [3.8, 4) is 0 Å². The Hall–Kier alpha value is 2.78. The molecule has 3 aliphatic heterocycles. The van der Waals surface area contributed by atoms with Crippen LogP contribution in [0.15, 0.2) is 0 Å². The van der Waals surface area contributed by atoms with Crippen LogP contribution in [-0.2, 0) is 0 Å². The molecule has 3 rings (SSSR count). The van der Waals surface area contributed by atoms with E-state index in [1.807, 2.05) is 0 Å². The first-order chi connectivity index (χ1) is 8.72. The molecule has 0 saturated carbocycles. The van der Waals surface area contributed by atoms with Crippen molar-refractivity contribution in [3.05, 3.63) is 0 Å². The van der Waals surface area contributed by atoms with E-state index in [9.17, 15) is 0 Å². The van der Waals surface area contributed by atoms with E-state index in [0.717, 1.165) is 59.7 Å². The molecular formula is C12H20S2Se4. The molecule has 0 radical (unpaired) electrons. The van der Waals surface area contributed by atoms with Gasteiger partial charge in [0.05, 0.1) is 0 Å². The molecule has 3 heterocycles. The Bertz CT molecular complexity index is 257. The Morgan fingerprint density at radius 1 is 0.944 bits per heavy atom. The van der Waals surface area contributed by atoms with Gasteiger partial charge in [0.2, 0.25) is 0 Å². The van der Waals surface area contributed by atoms with Crippen LogP contribution in [0.3, 0.4) is 0 Å². The summed E-state index contributed by atoms with van der Waals surface area (Å²) in [6.07, 6.45) is 3.00. The van der Waals surface area contributed by atoms with Gasteiger partial charge in [-0.15, -0.1) is 0 Å². The van der Waals surface area contributed by atoms with Gasteiger partial charge >= 0.3 is 150 Å². The quantitative estimate of drug-likeness (QED) is 0.372. The minimum absolute atomic E-state index is 0.925. The molecule has 0 bridgehead atoms. The molecule has 104 valence electrons. The minimum atomic E-state index is 0.925. The second-order valence-corrected chi connectivity index (χ2v) is 16.1. The Morgan fingerprint density at radius 3 is 1.78 bits per heavy atom. The fraction of sp³-hybridized carbons (Fsp3) is 1.00. The van der Waals surface area contributed by atoms with E-state index in [0.29, 0.717) is 0 Å². The van der Waals surface area contributed by atoms with Crippen molar-refractivity contribution in [2.24, 2.45) is 0 Å². The van der Waals surface area contributed by atoms with Crippen LogP contribution in [0, 0.1) is 0 Å². The van der Waals surface area contributed by atoms with Crippen molar-refractivity contribution in [2.75, 3.05) is 11.5 Å². The van der Waals surface area contributed by atoms with Crippen LogP contribution in [-0.4, -0.2) is 83.9 Å². The maximum absolute atomic E-state index is 3.04. The van der Waals surface area contributed by atoms with E-state index in [1.165, 1.54) is 24.3 Å². The third-order valence-electron chi connectivity index (χ3n) is 3.59. The van der Waals surface area contributed by atoms with Crippen LogP contribution in [0.5, 0.6) is 0 Å². The first-order valence-corrected chi connectivity index (χ1v) is 15.2. The predicted octanol–water partition coefficient (Wildman–Crippen LogP) is 2.21. The van der Waals surface area contributed by atoms with Gasteiger partial charge in [-0.1, -0.05) is 0 Å². The SMILES string of the molecule is [SeH]C(CC1CS1)C1C[Se]CC(C([SeH])CC2CS2)[Se]1. The standard InChI is InChI=1S/C12H20S2Se4/c15-9(1-7-3-13-7)11-5-17-6-12(18-11)10(16)2-8-4-14-8/h7-12,15-16H,1-6H2. The molecular weight excluding hydrogens is 524 g/mol. The van der Waals surface area contributed by atoms with Crippen molar-refractivity contribution in [1.29, 1.82) is 0 Å². The molecule has 6 atom stereocenters. The molecule has 0 aromatic heterocycles. The van der Waals surface area contributed by atoms with Crippen LogP contribution in [0.25, 0.3) is 0 Å². The van der Waals surface area contributed by atoms with Gasteiger partial charge in [-0.2, -0.15) is 0 Å². The molecule has 0 nitrogen and oxygen atoms in total. The topological polar surface area (TPSA) is 0 Å². The average Bonchev–Trinajstić information content (AvgIpc) is 3.25. The Balaban J connectivity index is 1.46. The zero-order chi connectivity index (χ0) is 12.5. The van der Waals surface area contributed by atoms with Gasteiger partial charge in [-0.05, 0) is 0 Å². The first-order valence-electron chi connectivity index (χ1n) is 6.55. The van der Waals surface area contributed by atoms with Crippen molar-refractivity contribution >= 4 is 85.5 Å². The summed E-state index contributed by atoms with van der Waals surface area (Å²) in [5.41, 5.74) is 0. The maximum atomic E-state index is 3.04. The summed E-state index contributed by atoms with van der Waals surface area (Å²) in [6, 6.07) is 0. The molecule has 0 aliphatic carbocycles. The summed E-state index contributed by atoms with van der Waals surface area (Å²) >= 11 is 12.3. The first kappa shape index (κ1) is 15.7. The number of hydrogen-bond donors (Lipinski definition) is 0. The molecule has 0 aromatic carbocycles. The van der Waals surface area contributed by atoms with E-state index in [2.05, 4.69) is 55.5 Å². The number of thioether (sulfide) groups is 2. The Labute approximate surface area is 148 Å². The second-order valence-electron chi connectivity index (χ2n) is 5.27.